The van der Waals surface area contributed by atoms with Crippen LogP contribution in [0.25, 0.3) is 0 Å². The fourth-order valence-corrected chi connectivity index (χ4v) is 4.00. The van der Waals surface area contributed by atoms with Gasteiger partial charge in [0.05, 0.1) is 0 Å². The Labute approximate surface area is 210 Å². The lowest BCUT2D eigenvalue weighted by Crippen LogP contribution is -2.51. The lowest BCUT2D eigenvalue weighted by Gasteiger charge is -2.35. The lowest BCUT2D eigenvalue weighted by molar-refractivity contribution is -0.131. The molecular weight excluding hydrogens is 460 g/mol. The summed E-state index contributed by atoms with van der Waals surface area (Å²) in [6.45, 7) is 4.51. The third-order valence-electron chi connectivity index (χ3n) is 5.87. The van der Waals surface area contributed by atoms with Crippen LogP contribution < -0.4 is 19.7 Å². The second-order valence-corrected chi connectivity index (χ2v) is 9.06. The van der Waals surface area contributed by atoms with Crippen LogP contribution in [-0.4, -0.2) is 41.3 Å². The van der Waals surface area contributed by atoms with Gasteiger partial charge in [0, 0.05) is 18.3 Å². The second-order valence-electron chi connectivity index (χ2n) is 9.06. The van der Waals surface area contributed by atoms with Gasteiger partial charge in [-0.2, -0.15) is 0 Å². The molecule has 1 aliphatic rings. The van der Waals surface area contributed by atoms with E-state index in [9.17, 15) is 19.8 Å². The van der Waals surface area contributed by atoms with Crippen molar-refractivity contribution < 1.29 is 29.3 Å². The van der Waals surface area contributed by atoms with Gasteiger partial charge >= 0.3 is 0 Å². The van der Waals surface area contributed by atoms with Gasteiger partial charge in [0.15, 0.2) is 11.5 Å². The first-order chi connectivity index (χ1) is 17.3. The largest absolute Gasteiger partial charge is 0.508 e. The molecule has 4 rings (SSSR count). The van der Waals surface area contributed by atoms with Crippen LogP contribution in [-0.2, 0) is 9.59 Å². The van der Waals surface area contributed by atoms with E-state index < -0.39 is 24.0 Å². The average Bonchev–Trinajstić information content (AvgIpc) is 2.87. The quantitative estimate of drug-likeness (QED) is 0.437. The molecule has 2 amide bonds. The molecule has 0 radical (unpaired) electrons. The Morgan fingerprint density at radius 3 is 2.39 bits per heavy atom. The summed E-state index contributed by atoms with van der Waals surface area (Å²) in [5.41, 5.74) is 0.809. The molecular formula is C28H30N2O6. The molecule has 0 saturated carbocycles. The van der Waals surface area contributed by atoms with Crippen molar-refractivity contribution in [1.82, 2.24) is 5.32 Å². The van der Waals surface area contributed by atoms with Crippen LogP contribution in [0.15, 0.2) is 72.8 Å². The number of rotatable bonds is 8. The maximum absolute atomic E-state index is 14.0. The number of nitrogens with one attached hydrogen (secondary N) is 1. The average molecular weight is 491 g/mol. The number of anilines is 1. The summed E-state index contributed by atoms with van der Waals surface area (Å²) >= 11 is 0. The number of ether oxygens (including phenoxy) is 2. The molecule has 3 N–H and O–H groups in total. The zero-order chi connectivity index (χ0) is 25.7. The fraction of sp³-hybridized carbons (Fsp3) is 0.286. The van der Waals surface area contributed by atoms with Crippen LogP contribution in [0.2, 0.25) is 0 Å². The molecule has 2 atom stereocenters. The van der Waals surface area contributed by atoms with Crippen molar-refractivity contribution in [3.05, 3.63) is 78.4 Å². The first-order valence-corrected chi connectivity index (χ1v) is 11.9. The summed E-state index contributed by atoms with van der Waals surface area (Å²) in [6.07, 6.45) is -0.255. The highest BCUT2D eigenvalue weighted by molar-refractivity contribution is 6.03. The number of phenols is 2. The molecule has 36 heavy (non-hydrogen) atoms. The van der Waals surface area contributed by atoms with Crippen molar-refractivity contribution in [3.63, 3.8) is 0 Å². The van der Waals surface area contributed by atoms with Gasteiger partial charge in [0.1, 0.15) is 24.1 Å². The predicted octanol–water partition coefficient (Wildman–Crippen LogP) is 4.17. The van der Waals surface area contributed by atoms with Gasteiger partial charge in [0.2, 0.25) is 12.0 Å². The smallest absolute Gasteiger partial charge is 0.272 e. The molecule has 0 spiro atoms. The van der Waals surface area contributed by atoms with E-state index in [1.54, 1.807) is 42.5 Å². The molecule has 0 aromatic heterocycles. The van der Waals surface area contributed by atoms with Crippen molar-refractivity contribution in [2.75, 3.05) is 18.1 Å². The molecule has 1 heterocycles. The molecule has 3 aromatic rings. The monoisotopic (exact) mass is 490 g/mol. The van der Waals surface area contributed by atoms with Crippen LogP contribution in [0.3, 0.4) is 0 Å². The molecule has 0 aliphatic carbocycles. The fourth-order valence-electron chi connectivity index (χ4n) is 4.00. The Kier molecular flexibility index (Phi) is 7.63. The number of benzene rings is 3. The maximum atomic E-state index is 14.0. The predicted molar refractivity (Wildman–Crippen MR) is 135 cm³/mol. The summed E-state index contributed by atoms with van der Waals surface area (Å²) in [7, 11) is 0. The van der Waals surface area contributed by atoms with E-state index in [2.05, 4.69) is 19.2 Å². The van der Waals surface area contributed by atoms with Crippen molar-refractivity contribution in [1.29, 1.82) is 0 Å². The summed E-state index contributed by atoms with van der Waals surface area (Å²) in [6, 6.07) is 18.2. The Morgan fingerprint density at radius 2 is 1.69 bits per heavy atom. The molecule has 1 aliphatic heterocycles. The van der Waals surface area contributed by atoms with Crippen LogP contribution in [0, 0.1) is 5.92 Å². The second kappa shape index (κ2) is 11.0. The number of fused-ring (bicyclic) bond motifs is 1. The van der Waals surface area contributed by atoms with Crippen LogP contribution in [0.4, 0.5) is 5.69 Å². The molecule has 0 unspecified atom stereocenters. The van der Waals surface area contributed by atoms with Gasteiger partial charge in [-0.05, 0) is 54.3 Å². The Balaban J connectivity index is 1.74. The van der Waals surface area contributed by atoms with E-state index in [4.69, 9.17) is 9.47 Å². The summed E-state index contributed by atoms with van der Waals surface area (Å²) in [5, 5.41) is 22.9. The molecule has 3 aromatic carbocycles. The minimum absolute atomic E-state index is 0.0357. The van der Waals surface area contributed by atoms with Crippen LogP contribution >= 0.6 is 0 Å². The van der Waals surface area contributed by atoms with Gasteiger partial charge in [-0.15, -0.1) is 0 Å². The van der Waals surface area contributed by atoms with Gasteiger partial charge in [-0.1, -0.05) is 44.2 Å². The van der Waals surface area contributed by atoms with E-state index in [1.807, 2.05) is 6.07 Å². The van der Waals surface area contributed by atoms with E-state index >= 15 is 0 Å². The summed E-state index contributed by atoms with van der Waals surface area (Å²) < 4.78 is 11.7. The number of phenolic OH excluding ortho intramolecular Hbond substituents is 2. The van der Waals surface area contributed by atoms with Crippen molar-refractivity contribution >= 4 is 17.5 Å². The molecule has 0 fully saturated rings. The Bertz CT molecular complexity index is 1210. The first-order valence-electron chi connectivity index (χ1n) is 11.9. The summed E-state index contributed by atoms with van der Waals surface area (Å²) in [5.74, 6) is 0.429. The third-order valence-corrected chi connectivity index (χ3v) is 5.87. The number of carbonyl (C=O) groups is 2. The van der Waals surface area contributed by atoms with Crippen LogP contribution in [0.1, 0.15) is 31.9 Å². The number of hydrogen-bond acceptors (Lipinski definition) is 6. The van der Waals surface area contributed by atoms with Gasteiger partial charge in [0.25, 0.3) is 5.91 Å². The minimum atomic E-state index is -1.09. The molecule has 0 saturated heterocycles. The van der Waals surface area contributed by atoms with E-state index in [0.717, 1.165) is 6.42 Å². The molecule has 8 heteroatoms. The molecule has 0 bridgehead atoms. The zero-order valence-electron chi connectivity index (χ0n) is 20.3. The highest BCUT2D eigenvalue weighted by atomic mass is 16.6. The topological polar surface area (TPSA) is 108 Å². The van der Waals surface area contributed by atoms with Crippen LogP contribution in [0.5, 0.6) is 23.0 Å². The standard InChI is InChI=1S/C28H30N2O6/c1-18(2)14-15-29-27(33)26(19-10-12-21(31)13-11-19)30(20-6-5-7-22(32)16-20)28(34)25-17-35-23-8-3-4-9-24(23)36-25/h3-13,16,18,25-26,31-32H,14-15,17H2,1-2H3,(H,29,33)/t25-,26+/m1/s1. The van der Waals surface area contributed by atoms with E-state index in [0.29, 0.717) is 35.2 Å². The number of amides is 2. The maximum Gasteiger partial charge on any atom is 0.272 e. The Hall–Kier alpha value is -4.20. The van der Waals surface area contributed by atoms with Crippen molar-refractivity contribution in [2.45, 2.75) is 32.4 Å². The van der Waals surface area contributed by atoms with Gasteiger partial charge in [-0.25, -0.2) is 0 Å². The SMILES string of the molecule is CC(C)CCNC(=O)[C@H](c1ccc(O)cc1)N(C(=O)[C@H]1COc2ccccc2O1)c1cccc(O)c1. The number of aromatic hydroxyl groups is 2. The number of carbonyl (C=O) groups excluding carboxylic acids is 2. The minimum Gasteiger partial charge on any atom is -0.508 e. The zero-order valence-corrected chi connectivity index (χ0v) is 20.3. The molecule has 188 valence electrons. The summed E-state index contributed by atoms with van der Waals surface area (Å²) in [4.78, 5) is 28.9. The lowest BCUT2D eigenvalue weighted by atomic mass is 10.0. The number of para-hydroxylation sites is 2. The van der Waals surface area contributed by atoms with Crippen molar-refractivity contribution in [2.24, 2.45) is 5.92 Å². The third kappa shape index (κ3) is 5.71. The van der Waals surface area contributed by atoms with Crippen molar-refractivity contribution in [3.8, 4) is 23.0 Å². The van der Waals surface area contributed by atoms with E-state index in [1.165, 1.54) is 29.2 Å². The van der Waals surface area contributed by atoms with Gasteiger partial charge < -0.3 is 25.0 Å². The molecule has 8 nitrogen and oxygen atoms in total. The highest BCUT2D eigenvalue weighted by Gasteiger charge is 2.39. The number of hydrogen-bond donors (Lipinski definition) is 3. The first kappa shape index (κ1) is 24.9. The van der Waals surface area contributed by atoms with Gasteiger partial charge in [-0.3, -0.25) is 14.5 Å². The highest BCUT2D eigenvalue weighted by Crippen LogP contribution is 2.35. The normalized spacial score (nSPS) is 15.2. The Morgan fingerprint density at radius 1 is 0.972 bits per heavy atom. The van der Waals surface area contributed by atoms with E-state index in [-0.39, 0.29) is 18.1 Å². The number of nitrogens with zero attached hydrogens (tertiary/aromatic N) is 1.